The molecule has 3 aromatic heterocycles. The lowest BCUT2D eigenvalue weighted by atomic mass is 10.1. The number of ether oxygens (including phenoxy) is 1. The first-order chi connectivity index (χ1) is 21.1. The summed E-state index contributed by atoms with van der Waals surface area (Å²) in [5, 5.41) is 6.33. The van der Waals surface area contributed by atoms with E-state index in [9.17, 15) is 27.6 Å². The van der Waals surface area contributed by atoms with Crippen LogP contribution < -0.4 is 15.4 Å². The van der Waals surface area contributed by atoms with Gasteiger partial charge in [-0.3, -0.25) is 19.4 Å². The number of amides is 3. The van der Waals surface area contributed by atoms with Gasteiger partial charge in [0.1, 0.15) is 23.3 Å². The molecule has 14 heteroatoms. The van der Waals surface area contributed by atoms with Gasteiger partial charge in [-0.15, -0.1) is 0 Å². The summed E-state index contributed by atoms with van der Waals surface area (Å²) in [4.78, 5) is 48.6. The summed E-state index contributed by atoms with van der Waals surface area (Å²) < 4.78 is 51.0. The average molecular weight is 630 g/mol. The number of fused-ring (bicyclic) bond motifs is 1. The van der Waals surface area contributed by atoms with Gasteiger partial charge in [0.05, 0.1) is 6.54 Å². The SMILES string of the molecule is O=C(N[C@@H](Cc1ccccn1)C(=O)NCC(=O)N1CCC(Oc2ncccc2C(F)(F)F)CC1)c1cc2cc(Cl)ccc2o1. The van der Waals surface area contributed by atoms with Gasteiger partial charge < -0.3 is 24.7 Å². The lowest BCUT2D eigenvalue weighted by molar-refractivity contribution is -0.140. The maximum Gasteiger partial charge on any atom is 0.421 e. The number of hydrogen-bond donors (Lipinski definition) is 2. The van der Waals surface area contributed by atoms with E-state index < -0.39 is 41.6 Å². The standard InChI is InChI=1S/C30H27ClF3N5O5/c31-19-6-7-24-18(14-19)15-25(44-24)28(42)38-23(16-20-4-1-2-10-35-20)27(41)37-17-26(40)39-12-8-21(9-13-39)43-29-22(30(32,33)34)5-3-11-36-29/h1-7,10-11,14-15,21,23H,8-9,12-13,16-17H2,(H,37,41)(H,38,42)/t23-/m0/s1. The number of aromatic nitrogens is 2. The molecule has 4 aromatic rings. The molecule has 10 nitrogen and oxygen atoms in total. The van der Waals surface area contributed by atoms with Crippen LogP contribution in [0.3, 0.4) is 0 Å². The second-order valence-electron chi connectivity index (χ2n) is 10.1. The number of likely N-dealkylation sites (tertiary alicyclic amines) is 1. The minimum absolute atomic E-state index is 0.0182. The molecule has 1 fully saturated rings. The summed E-state index contributed by atoms with van der Waals surface area (Å²) in [5.41, 5.74) is 0.0310. The first-order valence-electron chi connectivity index (χ1n) is 13.7. The fourth-order valence-corrected chi connectivity index (χ4v) is 4.95. The summed E-state index contributed by atoms with van der Waals surface area (Å²) in [6.45, 7) is 0.0932. The van der Waals surface area contributed by atoms with Crippen molar-refractivity contribution in [2.24, 2.45) is 0 Å². The van der Waals surface area contributed by atoms with Gasteiger partial charge >= 0.3 is 6.18 Å². The first kappa shape index (κ1) is 30.8. The second-order valence-corrected chi connectivity index (χ2v) is 10.6. The molecule has 0 bridgehead atoms. The van der Waals surface area contributed by atoms with Crippen LogP contribution in [0.25, 0.3) is 11.0 Å². The van der Waals surface area contributed by atoms with Crippen molar-refractivity contribution in [2.75, 3.05) is 19.6 Å². The minimum atomic E-state index is -4.60. The van der Waals surface area contributed by atoms with E-state index in [1.54, 1.807) is 42.6 Å². The number of rotatable bonds is 9. The van der Waals surface area contributed by atoms with Gasteiger partial charge in [0.2, 0.25) is 17.7 Å². The number of carbonyl (C=O) groups excluding carboxylic acids is 3. The van der Waals surface area contributed by atoms with Crippen LogP contribution in [0.2, 0.25) is 5.02 Å². The molecule has 4 heterocycles. The maximum atomic E-state index is 13.3. The Kier molecular flexibility index (Phi) is 9.33. The number of furan rings is 1. The number of carbonyl (C=O) groups is 3. The van der Waals surface area contributed by atoms with Crippen molar-refractivity contribution in [1.29, 1.82) is 0 Å². The predicted octanol–water partition coefficient (Wildman–Crippen LogP) is 4.42. The normalized spacial score (nSPS) is 14.7. The molecule has 0 radical (unpaired) electrons. The lowest BCUT2D eigenvalue weighted by Crippen LogP contribution is -2.51. The highest BCUT2D eigenvalue weighted by Gasteiger charge is 2.36. The van der Waals surface area contributed by atoms with Crippen LogP contribution in [0.5, 0.6) is 5.88 Å². The molecule has 1 aromatic carbocycles. The van der Waals surface area contributed by atoms with Crippen LogP contribution in [0, 0.1) is 0 Å². The van der Waals surface area contributed by atoms with Gasteiger partial charge in [-0.2, -0.15) is 13.2 Å². The molecule has 1 aliphatic rings. The number of benzene rings is 1. The van der Waals surface area contributed by atoms with Crippen LogP contribution >= 0.6 is 11.6 Å². The number of alkyl halides is 3. The van der Waals surface area contributed by atoms with Crippen molar-refractivity contribution in [3.05, 3.63) is 89.0 Å². The highest BCUT2D eigenvalue weighted by molar-refractivity contribution is 6.31. The zero-order chi connectivity index (χ0) is 31.3. The van der Waals surface area contributed by atoms with E-state index in [0.29, 0.717) is 21.7 Å². The second kappa shape index (κ2) is 13.3. The maximum absolute atomic E-state index is 13.3. The van der Waals surface area contributed by atoms with E-state index in [2.05, 4.69) is 20.6 Å². The molecule has 1 aliphatic heterocycles. The molecule has 0 saturated carbocycles. The Labute approximate surface area is 254 Å². The summed E-state index contributed by atoms with van der Waals surface area (Å²) >= 11 is 6.02. The molecule has 5 rings (SSSR count). The van der Waals surface area contributed by atoms with Crippen LogP contribution in [-0.2, 0) is 22.2 Å². The summed E-state index contributed by atoms with van der Waals surface area (Å²) in [6, 6.07) is 12.6. The summed E-state index contributed by atoms with van der Waals surface area (Å²) in [6.07, 6.45) is -1.76. The van der Waals surface area contributed by atoms with E-state index in [1.807, 2.05) is 0 Å². The third kappa shape index (κ3) is 7.64. The number of nitrogens with zero attached hydrogens (tertiary/aromatic N) is 3. The fourth-order valence-electron chi connectivity index (χ4n) is 4.77. The molecule has 0 spiro atoms. The molecule has 3 amide bonds. The first-order valence-corrected chi connectivity index (χ1v) is 14.1. The number of piperidine rings is 1. The number of hydrogen-bond acceptors (Lipinski definition) is 7. The zero-order valence-electron chi connectivity index (χ0n) is 23.1. The van der Waals surface area contributed by atoms with Gasteiger partial charge in [0.25, 0.3) is 5.91 Å². The molecule has 1 saturated heterocycles. The van der Waals surface area contributed by atoms with Crippen molar-refractivity contribution in [1.82, 2.24) is 25.5 Å². The van der Waals surface area contributed by atoms with Crippen molar-refractivity contribution in [2.45, 2.75) is 37.6 Å². The topological polar surface area (TPSA) is 127 Å². The Balaban J connectivity index is 1.17. The molecule has 0 aliphatic carbocycles. The Hall–Kier alpha value is -4.65. The fraction of sp³-hybridized carbons (Fsp3) is 0.300. The Morgan fingerprint density at radius 1 is 1.05 bits per heavy atom. The monoisotopic (exact) mass is 629 g/mol. The third-order valence-electron chi connectivity index (χ3n) is 7.03. The Bertz CT molecular complexity index is 1640. The highest BCUT2D eigenvalue weighted by Crippen LogP contribution is 2.35. The summed E-state index contributed by atoms with van der Waals surface area (Å²) in [5.74, 6) is -2.14. The van der Waals surface area contributed by atoms with E-state index in [1.165, 1.54) is 23.2 Å². The lowest BCUT2D eigenvalue weighted by Gasteiger charge is -2.32. The van der Waals surface area contributed by atoms with Gasteiger partial charge in [-0.1, -0.05) is 17.7 Å². The quantitative estimate of drug-likeness (QED) is 0.281. The third-order valence-corrected chi connectivity index (χ3v) is 7.26. The van der Waals surface area contributed by atoms with Crippen LogP contribution in [-0.4, -0.2) is 64.4 Å². The van der Waals surface area contributed by atoms with Crippen molar-refractivity contribution < 1.29 is 36.7 Å². The molecule has 230 valence electrons. The van der Waals surface area contributed by atoms with E-state index in [-0.39, 0.29) is 50.6 Å². The summed E-state index contributed by atoms with van der Waals surface area (Å²) in [7, 11) is 0. The number of nitrogens with one attached hydrogen (secondary N) is 2. The zero-order valence-corrected chi connectivity index (χ0v) is 23.9. The van der Waals surface area contributed by atoms with Gasteiger partial charge in [0, 0.05) is 60.8 Å². The minimum Gasteiger partial charge on any atom is -0.474 e. The molecule has 1 atom stereocenters. The molecule has 44 heavy (non-hydrogen) atoms. The average Bonchev–Trinajstić information content (AvgIpc) is 3.43. The Morgan fingerprint density at radius 2 is 1.82 bits per heavy atom. The highest BCUT2D eigenvalue weighted by atomic mass is 35.5. The van der Waals surface area contributed by atoms with Crippen LogP contribution in [0.15, 0.2) is 71.4 Å². The largest absolute Gasteiger partial charge is 0.474 e. The Morgan fingerprint density at radius 3 is 2.55 bits per heavy atom. The molecular weight excluding hydrogens is 603 g/mol. The number of pyridine rings is 2. The molecule has 0 unspecified atom stereocenters. The predicted molar refractivity (Wildman–Crippen MR) is 153 cm³/mol. The molecular formula is C30H27ClF3N5O5. The van der Waals surface area contributed by atoms with Crippen molar-refractivity contribution in [3.8, 4) is 5.88 Å². The van der Waals surface area contributed by atoms with Gasteiger partial charge in [0.15, 0.2) is 5.76 Å². The van der Waals surface area contributed by atoms with Crippen molar-refractivity contribution >= 4 is 40.3 Å². The number of halogens is 4. The van der Waals surface area contributed by atoms with Gasteiger partial charge in [-0.05, 0) is 48.5 Å². The van der Waals surface area contributed by atoms with Crippen LogP contribution in [0.1, 0.15) is 34.7 Å². The van der Waals surface area contributed by atoms with Crippen molar-refractivity contribution in [3.63, 3.8) is 0 Å². The molecule has 2 N–H and O–H groups in total. The van der Waals surface area contributed by atoms with Crippen LogP contribution in [0.4, 0.5) is 13.2 Å². The van der Waals surface area contributed by atoms with E-state index >= 15 is 0 Å². The van der Waals surface area contributed by atoms with E-state index in [0.717, 1.165) is 6.07 Å². The van der Waals surface area contributed by atoms with Gasteiger partial charge in [-0.25, -0.2) is 4.98 Å². The smallest absolute Gasteiger partial charge is 0.421 e. The van der Waals surface area contributed by atoms with E-state index in [4.69, 9.17) is 20.8 Å².